The van der Waals surface area contributed by atoms with Crippen molar-refractivity contribution >= 4 is 22.4 Å². The van der Waals surface area contributed by atoms with Crippen LogP contribution in [-0.4, -0.2) is 30.1 Å². The number of anilines is 1. The van der Waals surface area contributed by atoms with E-state index in [-0.39, 0.29) is 12.0 Å². The van der Waals surface area contributed by atoms with Crippen molar-refractivity contribution in [1.29, 1.82) is 0 Å². The van der Waals surface area contributed by atoms with Gasteiger partial charge in [-0.1, -0.05) is 0 Å². The van der Waals surface area contributed by atoms with Crippen LogP contribution < -0.4 is 4.90 Å². The normalized spacial score (nSPS) is 19.7. The van der Waals surface area contributed by atoms with Crippen molar-refractivity contribution in [3.05, 3.63) is 10.6 Å². The molecule has 1 aromatic rings. The smallest absolute Gasteiger partial charge is 0.328 e. The van der Waals surface area contributed by atoms with Crippen molar-refractivity contribution < 1.29 is 9.53 Å². The summed E-state index contributed by atoms with van der Waals surface area (Å²) in [5.74, 6) is -0.115. The van der Waals surface area contributed by atoms with Gasteiger partial charge in [0.1, 0.15) is 6.04 Å². The number of carbonyl (C=O) groups excluding carboxylic acids is 1. The molecule has 94 valence electrons. The molecule has 5 heteroatoms. The highest BCUT2D eigenvalue weighted by Crippen LogP contribution is 2.31. The summed E-state index contributed by atoms with van der Waals surface area (Å²) in [7, 11) is 0. The van der Waals surface area contributed by atoms with Crippen molar-refractivity contribution in [3.8, 4) is 0 Å². The maximum Gasteiger partial charge on any atom is 0.328 e. The van der Waals surface area contributed by atoms with E-state index in [0.29, 0.717) is 6.61 Å². The maximum absolute atomic E-state index is 11.8. The van der Waals surface area contributed by atoms with Gasteiger partial charge in [0.15, 0.2) is 5.13 Å². The SMILES string of the molecule is CCOC(=O)C1CCCN1c1nc(C)c(C)s1. The van der Waals surface area contributed by atoms with E-state index in [1.54, 1.807) is 11.3 Å². The van der Waals surface area contributed by atoms with Crippen molar-refractivity contribution in [2.24, 2.45) is 0 Å². The molecule has 0 bridgehead atoms. The van der Waals surface area contributed by atoms with E-state index in [2.05, 4.69) is 16.8 Å². The Bertz CT molecular complexity index is 397. The third-order valence-electron chi connectivity index (χ3n) is 3.07. The number of esters is 1. The van der Waals surface area contributed by atoms with Crippen LogP contribution in [0.1, 0.15) is 30.3 Å². The minimum atomic E-state index is -0.139. The molecule has 0 radical (unpaired) electrons. The number of hydrogen-bond acceptors (Lipinski definition) is 5. The second-order valence-electron chi connectivity index (χ2n) is 4.24. The highest BCUT2D eigenvalue weighted by atomic mass is 32.1. The lowest BCUT2D eigenvalue weighted by molar-refractivity contribution is -0.144. The molecule has 0 amide bonds. The zero-order valence-corrected chi connectivity index (χ0v) is 11.3. The van der Waals surface area contributed by atoms with E-state index in [4.69, 9.17) is 4.74 Å². The van der Waals surface area contributed by atoms with E-state index in [1.165, 1.54) is 4.88 Å². The summed E-state index contributed by atoms with van der Waals surface area (Å²) in [6.45, 7) is 7.25. The summed E-state index contributed by atoms with van der Waals surface area (Å²) in [6, 6.07) is -0.139. The lowest BCUT2D eigenvalue weighted by Crippen LogP contribution is -2.37. The molecule has 1 atom stereocenters. The number of rotatable bonds is 3. The topological polar surface area (TPSA) is 42.4 Å². The van der Waals surface area contributed by atoms with Gasteiger partial charge in [-0.25, -0.2) is 9.78 Å². The van der Waals surface area contributed by atoms with Gasteiger partial charge in [0.2, 0.25) is 0 Å². The Morgan fingerprint density at radius 2 is 2.35 bits per heavy atom. The quantitative estimate of drug-likeness (QED) is 0.776. The second kappa shape index (κ2) is 5.04. The molecule has 0 saturated carbocycles. The van der Waals surface area contributed by atoms with E-state index in [0.717, 1.165) is 30.2 Å². The molecule has 0 aliphatic carbocycles. The molecule has 1 aliphatic heterocycles. The molecule has 1 aliphatic rings. The Labute approximate surface area is 106 Å². The lowest BCUT2D eigenvalue weighted by Gasteiger charge is -2.22. The van der Waals surface area contributed by atoms with Crippen LogP contribution in [0.3, 0.4) is 0 Å². The van der Waals surface area contributed by atoms with Gasteiger partial charge in [-0.05, 0) is 33.6 Å². The molecule has 0 N–H and O–H groups in total. The van der Waals surface area contributed by atoms with Crippen LogP contribution in [-0.2, 0) is 9.53 Å². The van der Waals surface area contributed by atoms with Gasteiger partial charge in [0.05, 0.1) is 12.3 Å². The zero-order chi connectivity index (χ0) is 12.4. The van der Waals surface area contributed by atoms with Gasteiger partial charge in [-0.15, -0.1) is 11.3 Å². The van der Waals surface area contributed by atoms with Crippen LogP contribution in [0, 0.1) is 13.8 Å². The van der Waals surface area contributed by atoms with Gasteiger partial charge >= 0.3 is 5.97 Å². The van der Waals surface area contributed by atoms with Gasteiger partial charge < -0.3 is 9.64 Å². The summed E-state index contributed by atoms with van der Waals surface area (Å²) >= 11 is 1.66. The van der Waals surface area contributed by atoms with E-state index in [1.807, 2.05) is 13.8 Å². The molecule has 1 unspecified atom stereocenters. The third-order valence-corrected chi connectivity index (χ3v) is 4.18. The molecule has 1 aromatic heterocycles. The molecular weight excluding hydrogens is 236 g/mol. The number of thiazole rings is 1. The second-order valence-corrected chi connectivity index (χ2v) is 5.42. The predicted octanol–water partition coefficient (Wildman–Crippen LogP) is 2.29. The summed E-state index contributed by atoms with van der Waals surface area (Å²) in [5, 5.41) is 0.954. The van der Waals surface area contributed by atoms with Crippen LogP contribution >= 0.6 is 11.3 Å². The Morgan fingerprint density at radius 1 is 1.59 bits per heavy atom. The first-order valence-electron chi connectivity index (χ1n) is 6.00. The average molecular weight is 254 g/mol. The van der Waals surface area contributed by atoms with Crippen LogP contribution in [0.15, 0.2) is 0 Å². The van der Waals surface area contributed by atoms with Crippen LogP contribution in [0.25, 0.3) is 0 Å². The number of ether oxygens (including phenoxy) is 1. The molecule has 17 heavy (non-hydrogen) atoms. The molecule has 2 rings (SSSR count). The molecule has 0 spiro atoms. The Balaban J connectivity index is 2.16. The highest BCUT2D eigenvalue weighted by molar-refractivity contribution is 7.15. The molecular formula is C12H18N2O2S. The van der Waals surface area contributed by atoms with Crippen LogP contribution in [0.5, 0.6) is 0 Å². The monoisotopic (exact) mass is 254 g/mol. The van der Waals surface area contributed by atoms with Crippen molar-refractivity contribution in [2.45, 2.75) is 39.7 Å². The molecule has 4 nitrogen and oxygen atoms in total. The zero-order valence-electron chi connectivity index (χ0n) is 10.5. The molecule has 1 saturated heterocycles. The van der Waals surface area contributed by atoms with Gasteiger partial charge in [0.25, 0.3) is 0 Å². The first-order chi connectivity index (χ1) is 8.13. The number of nitrogens with zero attached hydrogens (tertiary/aromatic N) is 2. The first-order valence-corrected chi connectivity index (χ1v) is 6.82. The summed E-state index contributed by atoms with van der Waals surface area (Å²) in [5.41, 5.74) is 1.06. The maximum atomic E-state index is 11.8. The third kappa shape index (κ3) is 2.44. The van der Waals surface area contributed by atoms with E-state index < -0.39 is 0 Å². The van der Waals surface area contributed by atoms with E-state index in [9.17, 15) is 4.79 Å². The minimum absolute atomic E-state index is 0.115. The summed E-state index contributed by atoms with van der Waals surface area (Å²) in [4.78, 5) is 19.7. The number of carbonyl (C=O) groups is 1. The van der Waals surface area contributed by atoms with Crippen LogP contribution in [0.4, 0.5) is 5.13 Å². The predicted molar refractivity (Wildman–Crippen MR) is 68.6 cm³/mol. The molecule has 0 aromatic carbocycles. The number of hydrogen-bond donors (Lipinski definition) is 0. The van der Waals surface area contributed by atoms with E-state index >= 15 is 0 Å². The highest BCUT2D eigenvalue weighted by Gasteiger charge is 2.33. The number of aryl methyl sites for hydroxylation is 2. The van der Waals surface area contributed by atoms with Crippen molar-refractivity contribution in [3.63, 3.8) is 0 Å². The van der Waals surface area contributed by atoms with Crippen LogP contribution in [0.2, 0.25) is 0 Å². The van der Waals surface area contributed by atoms with Gasteiger partial charge in [-0.2, -0.15) is 0 Å². The lowest BCUT2D eigenvalue weighted by atomic mass is 10.2. The summed E-state index contributed by atoms with van der Waals surface area (Å²) in [6.07, 6.45) is 1.90. The average Bonchev–Trinajstić information content (AvgIpc) is 2.87. The fraction of sp³-hybridized carbons (Fsp3) is 0.667. The Morgan fingerprint density at radius 3 is 2.94 bits per heavy atom. The molecule has 2 heterocycles. The first kappa shape index (κ1) is 12.4. The number of aromatic nitrogens is 1. The Kier molecular flexibility index (Phi) is 3.66. The van der Waals surface area contributed by atoms with Gasteiger partial charge in [0, 0.05) is 11.4 Å². The fourth-order valence-corrected chi connectivity index (χ4v) is 3.04. The van der Waals surface area contributed by atoms with Crippen molar-refractivity contribution in [1.82, 2.24) is 4.98 Å². The van der Waals surface area contributed by atoms with Gasteiger partial charge in [-0.3, -0.25) is 0 Å². The van der Waals surface area contributed by atoms with Crippen molar-refractivity contribution in [2.75, 3.05) is 18.1 Å². The molecule has 1 fully saturated rings. The standard InChI is InChI=1S/C12H18N2O2S/c1-4-16-11(15)10-6-5-7-14(10)12-13-8(2)9(3)17-12/h10H,4-7H2,1-3H3. The minimum Gasteiger partial charge on any atom is -0.464 e. The largest absolute Gasteiger partial charge is 0.464 e. The fourth-order valence-electron chi connectivity index (χ4n) is 2.06. The summed E-state index contributed by atoms with van der Waals surface area (Å²) < 4.78 is 5.11. The Hall–Kier alpha value is -1.10.